The number of carboxylic acid groups (broad SMARTS) is 2. The quantitative estimate of drug-likeness (QED) is 0.0450. The molecule has 0 fully saturated rings. The van der Waals surface area contributed by atoms with E-state index in [1.807, 2.05) is 32.6 Å². The highest BCUT2D eigenvalue weighted by Crippen LogP contribution is 2.16. The topological polar surface area (TPSA) is 222 Å². The summed E-state index contributed by atoms with van der Waals surface area (Å²) in [5.41, 5.74) is 0. The number of carboxylic acids is 2. The average molecular weight is 793 g/mol. The number of carbonyl (C=O) groups excluding carboxylic acids is 7. The van der Waals surface area contributed by atoms with Crippen LogP contribution in [0.1, 0.15) is 106 Å². The van der Waals surface area contributed by atoms with E-state index in [9.17, 15) is 48.6 Å². The monoisotopic (exact) mass is 792 g/mol. The standard InChI is InChI=1S/C19H33NO6S.C18H31NO6S/c1-6-8-10-26-19(25)13(3)12-16(21)14(7-2)17(22)20-15(18(23)24)9-11-27(4)5;1-5-7-9-25-18(24)12(3)11-15(20)13(6-2)16(21)19-14(17(22)23)8-10-26-4/h13-15H,6-12H2,1-5H3,(H-,20,22,23,24);12-14H,5-11H2,1-4H3,(H,19,21)(H,22,23)/t13?,14?,15-;12?,13?,14-/m11/s1. The van der Waals surface area contributed by atoms with E-state index in [0.29, 0.717) is 24.7 Å². The van der Waals surface area contributed by atoms with Crippen molar-refractivity contribution < 1.29 is 58.0 Å². The van der Waals surface area contributed by atoms with Crippen molar-refractivity contribution in [3.05, 3.63) is 0 Å². The number of carbonyl (C=O) groups is 8. The summed E-state index contributed by atoms with van der Waals surface area (Å²) < 4.78 is 10.2. The predicted molar refractivity (Wildman–Crippen MR) is 205 cm³/mol. The van der Waals surface area contributed by atoms with Gasteiger partial charge in [-0.1, -0.05) is 54.4 Å². The zero-order valence-corrected chi connectivity index (χ0v) is 34.8. The maximum Gasteiger partial charge on any atom is 0.326 e. The molecule has 0 saturated heterocycles. The van der Waals surface area contributed by atoms with Gasteiger partial charge in [0.2, 0.25) is 11.8 Å². The number of ether oxygens (including phenoxy) is 2. The summed E-state index contributed by atoms with van der Waals surface area (Å²) in [5.74, 6) is -7.38. The number of aliphatic carboxylic acids is 2. The van der Waals surface area contributed by atoms with Gasteiger partial charge in [-0.3, -0.25) is 28.8 Å². The van der Waals surface area contributed by atoms with Crippen LogP contribution < -0.4 is 15.7 Å². The summed E-state index contributed by atoms with van der Waals surface area (Å²) in [6, 6.07) is -2.14. The number of ketones is 2. The fraction of sp³-hybridized carbons (Fsp3) is 0.784. The van der Waals surface area contributed by atoms with Gasteiger partial charge in [-0.25, -0.2) is 4.79 Å². The number of amides is 2. The average Bonchev–Trinajstić information content (AvgIpc) is 3.08. The molecule has 0 saturated carbocycles. The molecule has 0 aliphatic rings. The molecule has 0 bridgehead atoms. The molecular weight excluding hydrogens is 729 g/mol. The molecule has 3 N–H and O–H groups in total. The van der Waals surface area contributed by atoms with Gasteiger partial charge < -0.3 is 35.1 Å². The molecule has 306 valence electrons. The van der Waals surface area contributed by atoms with Crippen LogP contribution in [0.3, 0.4) is 0 Å². The van der Waals surface area contributed by atoms with Crippen LogP contribution in [0.2, 0.25) is 0 Å². The maximum absolute atomic E-state index is 12.4. The molecule has 16 heteroatoms. The van der Waals surface area contributed by atoms with Crippen LogP contribution in [0.5, 0.6) is 0 Å². The van der Waals surface area contributed by atoms with Crippen LogP contribution in [-0.2, 0) is 58.7 Å². The molecule has 14 nitrogen and oxygen atoms in total. The second-order valence-electron chi connectivity index (χ2n) is 13.1. The number of hydrogen-bond acceptors (Lipinski definition) is 12. The van der Waals surface area contributed by atoms with Gasteiger partial charge in [-0.15, -0.1) is 0 Å². The molecule has 2 amide bonds. The van der Waals surface area contributed by atoms with E-state index < -0.39 is 77.2 Å². The lowest BCUT2D eigenvalue weighted by Gasteiger charge is -2.22. The molecule has 0 aromatic rings. The van der Waals surface area contributed by atoms with Crippen LogP contribution in [0.15, 0.2) is 0 Å². The smallest absolute Gasteiger partial charge is 0.326 e. The highest BCUT2D eigenvalue weighted by molar-refractivity contribution is 7.98. The Labute approximate surface area is 322 Å². The molecule has 6 atom stereocenters. The minimum atomic E-state index is -1.36. The summed E-state index contributed by atoms with van der Waals surface area (Å²) in [4.78, 5) is 95.8. The Morgan fingerprint density at radius 2 is 1.13 bits per heavy atom. The van der Waals surface area contributed by atoms with E-state index in [-0.39, 0.29) is 55.2 Å². The first kappa shape index (κ1) is 52.0. The number of thioether (sulfide) groups is 1. The Balaban J connectivity index is 0. The van der Waals surface area contributed by atoms with Crippen molar-refractivity contribution in [2.45, 2.75) is 118 Å². The van der Waals surface area contributed by atoms with Crippen molar-refractivity contribution in [3.63, 3.8) is 0 Å². The van der Waals surface area contributed by atoms with Crippen molar-refractivity contribution in [2.24, 2.45) is 23.7 Å². The van der Waals surface area contributed by atoms with Gasteiger partial charge >= 0.3 is 17.9 Å². The summed E-state index contributed by atoms with van der Waals surface area (Å²) in [6.07, 6.45) is 9.94. The second kappa shape index (κ2) is 30.2. The largest absolute Gasteiger partial charge is 0.548 e. The van der Waals surface area contributed by atoms with Crippen molar-refractivity contribution >= 4 is 69.9 Å². The lowest BCUT2D eigenvalue weighted by Crippen LogP contribution is -2.51. The molecule has 0 heterocycles. The molecule has 53 heavy (non-hydrogen) atoms. The summed E-state index contributed by atoms with van der Waals surface area (Å²) >= 11 is 1.48. The minimum absolute atomic E-state index is 0.0335. The van der Waals surface area contributed by atoms with E-state index in [2.05, 4.69) is 10.6 Å². The van der Waals surface area contributed by atoms with E-state index >= 15 is 0 Å². The van der Waals surface area contributed by atoms with Gasteiger partial charge in [0.05, 0.1) is 61.4 Å². The highest BCUT2D eigenvalue weighted by Gasteiger charge is 2.32. The molecule has 0 radical (unpaired) electrons. The van der Waals surface area contributed by atoms with Gasteiger partial charge in [-0.05, 0) is 55.0 Å². The summed E-state index contributed by atoms with van der Waals surface area (Å²) in [5, 5.41) is 25.3. The predicted octanol–water partition coefficient (Wildman–Crippen LogP) is 2.73. The van der Waals surface area contributed by atoms with Crippen molar-refractivity contribution in [2.75, 3.05) is 43.5 Å². The molecule has 0 spiro atoms. The third-order valence-corrected chi connectivity index (χ3v) is 9.87. The lowest BCUT2D eigenvalue weighted by atomic mass is 9.92. The molecule has 0 aliphatic carbocycles. The van der Waals surface area contributed by atoms with Crippen LogP contribution in [0.4, 0.5) is 0 Å². The van der Waals surface area contributed by atoms with Gasteiger partial charge in [0, 0.05) is 19.3 Å². The molecule has 0 rings (SSSR count). The fourth-order valence-electron chi connectivity index (χ4n) is 4.73. The van der Waals surface area contributed by atoms with Crippen molar-refractivity contribution in [1.82, 2.24) is 10.6 Å². The van der Waals surface area contributed by atoms with Crippen LogP contribution in [0.25, 0.3) is 0 Å². The Morgan fingerprint density at radius 3 is 1.45 bits per heavy atom. The third kappa shape index (κ3) is 23.3. The number of Topliss-reactive ketones (excluding diaryl/α,β-unsaturated/α-hetero) is 2. The van der Waals surface area contributed by atoms with Gasteiger partial charge in [0.15, 0.2) is 0 Å². The Hall–Kier alpha value is -3.14. The zero-order chi connectivity index (χ0) is 41.1. The molecular formula is C37H64N2O12S2. The van der Waals surface area contributed by atoms with Crippen molar-refractivity contribution in [3.8, 4) is 0 Å². The van der Waals surface area contributed by atoms with E-state index in [0.717, 1.165) is 25.7 Å². The zero-order valence-electron chi connectivity index (χ0n) is 33.1. The van der Waals surface area contributed by atoms with Gasteiger partial charge in [-0.2, -0.15) is 11.8 Å². The second-order valence-corrected chi connectivity index (χ2v) is 16.5. The normalized spacial score (nSPS) is 14.2. The van der Waals surface area contributed by atoms with E-state index in [1.54, 1.807) is 27.7 Å². The van der Waals surface area contributed by atoms with Crippen molar-refractivity contribution in [1.29, 1.82) is 0 Å². The minimum Gasteiger partial charge on any atom is -0.548 e. The van der Waals surface area contributed by atoms with Crippen LogP contribution in [-0.4, -0.2) is 108 Å². The van der Waals surface area contributed by atoms with Gasteiger partial charge in [0.1, 0.15) is 23.4 Å². The first-order chi connectivity index (χ1) is 24.9. The number of unbranched alkanes of at least 4 members (excludes halogenated alkanes) is 2. The Morgan fingerprint density at radius 1 is 0.717 bits per heavy atom. The van der Waals surface area contributed by atoms with Gasteiger partial charge in [0.25, 0.3) is 0 Å². The molecule has 4 unspecified atom stereocenters. The molecule has 0 aromatic carbocycles. The number of esters is 2. The Kier molecular flexibility index (Phi) is 29.6. The number of nitrogens with one attached hydrogen (secondary N) is 2. The highest BCUT2D eigenvalue weighted by atomic mass is 32.2. The van der Waals surface area contributed by atoms with E-state index in [4.69, 9.17) is 9.47 Å². The first-order valence-electron chi connectivity index (χ1n) is 18.4. The lowest BCUT2D eigenvalue weighted by molar-refractivity contribution is -0.308. The maximum atomic E-state index is 12.4. The fourth-order valence-corrected chi connectivity index (χ4v) is 5.91. The van der Waals surface area contributed by atoms with E-state index in [1.165, 1.54) is 11.8 Å². The van der Waals surface area contributed by atoms with Crippen LogP contribution in [0, 0.1) is 23.7 Å². The molecule has 0 aromatic heterocycles. The number of rotatable bonds is 28. The molecule has 0 aliphatic heterocycles. The SMILES string of the molecule is CCCCOC(=O)C(C)CC(=O)C(CC)C(=O)N[C@H](CCSC)C(=O)O.CCCCOC(=O)C(C)CC(=O)C(CC)C(=O)N[C@H](CC[S+](C)C)C(=O)[O-]. The third-order valence-electron chi connectivity index (χ3n) is 8.17. The van der Waals surface area contributed by atoms with Crippen LogP contribution >= 0.6 is 11.8 Å². The summed E-state index contributed by atoms with van der Waals surface area (Å²) in [7, 11) is 0.0335. The summed E-state index contributed by atoms with van der Waals surface area (Å²) in [6.45, 7) is 11.1. The number of hydrogen-bond donors (Lipinski definition) is 3. The first-order valence-corrected chi connectivity index (χ1v) is 22.0. The Bertz CT molecular complexity index is 1170.